The first-order valence-electron chi connectivity index (χ1n) is 6.83. The van der Waals surface area contributed by atoms with Crippen molar-refractivity contribution < 1.29 is 4.79 Å². The van der Waals surface area contributed by atoms with Gasteiger partial charge in [0.15, 0.2) is 0 Å². The number of carbonyl (C=O) groups is 1. The average Bonchev–Trinajstić information content (AvgIpc) is 2.37. The molecular weight excluding hydrogens is 240 g/mol. The van der Waals surface area contributed by atoms with Crippen LogP contribution in [0.15, 0.2) is 0 Å². The number of amides is 1. The van der Waals surface area contributed by atoms with Gasteiger partial charge in [-0.3, -0.25) is 4.79 Å². The summed E-state index contributed by atoms with van der Waals surface area (Å²) < 4.78 is 0. The van der Waals surface area contributed by atoms with Gasteiger partial charge in [-0.15, -0.1) is 0 Å². The lowest BCUT2D eigenvalue weighted by atomic mass is 9.96. The summed E-state index contributed by atoms with van der Waals surface area (Å²) in [5.74, 6) is 1.67. The van der Waals surface area contributed by atoms with Gasteiger partial charge in [-0.25, -0.2) is 9.97 Å². The Morgan fingerprint density at radius 3 is 2.63 bits per heavy atom. The number of aryl methyl sites for hydroxylation is 2. The molecule has 0 unspecified atom stereocenters. The lowest BCUT2D eigenvalue weighted by molar-refractivity contribution is -0.129. The molecule has 0 aliphatic heterocycles. The standard InChI is InChI=1S/C14H22N4O/c1-9(14(19)18(3)4)15-13-11-7-5-6-8-12(11)16-10(2)17-13/h9H,5-8H2,1-4H3,(H,15,16,17)/t9-/m0/s1. The zero-order valence-corrected chi connectivity index (χ0v) is 12.2. The van der Waals surface area contributed by atoms with Crippen molar-refractivity contribution in [2.45, 2.75) is 45.6 Å². The molecule has 1 atom stereocenters. The van der Waals surface area contributed by atoms with E-state index in [2.05, 4.69) is 15.3 Å². The number of anilines is 1. The number of hydrogen-bond acceptors (Lipinski definition) is 4. The first-order chi connectivity index (χ1) is 8.99. The maximum absolute atomic E-state index is 11.9. The highest BCUT2D eigenvalue weighted by molar-refractivity contribution is 5.83. The summed E-state index contributed by atoms with van der Waals surface area (Å²) in [6.07, 6.45) is 4.38. The minimum Gasteiger partial charge on any atom is -0.358 e. The van der Waals surface area contributed by atoms with E-state index >= 15 is 0 Å². The molecule has 104 valence electrons. The summed E-state index contributed by atoms with van der Waals surface area (Å²) in [6, 6.07) is -0.268. The minimum atomic E-state index is -0.268. The second-order valence-electron chi connectivity index (χ2n) is 5.35. The minimum absolute atomic E-state index is 0.0563. The number of likely N-dealkylation sites (N-methyl/N-ethyl adjacent to an activating group) is 1. The first-order valence-corrected chi connectivity index (χ1v) is 6.83. The molecule has 0 aromatic carbocycles. The molecule has 2 rings (SSSR count). The molecule has 0 saturated heterocycles. The summed E-state index contributed by atoms with van der Waals surface area (Å²) in [6.45, 7) is 3.77. The molecule has 5 heteroatoms. The summed E-state index contributed by atoms with van der Waals surface area (Å²) in [7, 11) is 3.53. The Hall–Kier alpha value is -1.65. The molecule has 0 saturated carbocycles. The van der Waals surface area contributed by atoms with E-state index in [0.29, 0.717) is 0 Å². The Bertz CT molecular complexity index is 485. The van der Waals surface area contributed by atoms with E-state index < -0.39 is 0 Å². The Morgan fingerprint density at radius 1 is 1.26 bits per heavy atom. The molecule has 5 nitrogen and oxygen atoms in total. The number of nitrogens with zero attached hydrogens (tertiary/aromatic N) is 3. The van der Waals surface area contributed by atoms with Crippen molar-refractivity contribution in [3.05, 3.63) is 17.1 Å². The fraction of sp³-hybridized carbons (Fsp3) is 0.643. The van der Waals surface area contributed by atoms with Gasteiger partial charge in [0.2, 0.25) is 5.91 Å². The second-order valence-corrected chi connectivity index (χ2v) is 5.35. The van der Waals surface area contributed by atoms with Gasteiger partial charge in [-0.05, 0) is 39.5 Å². The maximum atomic E-state index is 11.9. The van der Waals surface area contributed by atoms with Crippen LogP contribution in [0, 0.1) is 6.92 Å². The fourth-order valence-electron chi connectivity index (χ4n) is 2.49. The van der Waals surface area contributed by atoms with Crippen molar-refractivity contribution in [3.63, 3.8) is 0 Å². The molecule has 1 aromatic heterocycles. The largest absolute Gasteiger partial charge is 0.358 e. The molecular formula is C14H22N4O. The van der Waals surface area contributed by atoms with Crippen molar-refractivity contribution >= 4 is 11.7 Å². The van der Waals surface area contributed by atoms with Crippen molar-refractivity contribution in [1.82, 2.24) is 14.9 Å². The van der Waals surface area contributed by atoms with Crippen molar-refractivity contribution in [2.24, 2.45) is 0 Å². The molecule has 19 heavy (non-hydrogen) atoms. The first kappa shape index (κ1) is 13.8. The van der Waals surface area contributed by atoms with Gasteiger partial charge >= 0.3 is 0 Å². The number of hydrogen-bond donors (Lipinski definition) is 1. The van der Waals surface area contributed by atoms with Gasteiger partial charge in [0.25, 0.3) is 0 Å². The van der Waals surface area contributed by atoms with Gasteiger partial charge in [0.05, 0.1) is 0 Å². The molecule has 0 spiro atoms. The molecule has 1 aromatic rings. The molecule has 0 bridgehead atoms. The monoisotopic (exact) mass is 262 g/mol. The van der Waals surface area contributed by atoms with Gasteiger partial charge in [0.1, 0.15) is 17.7 Å². The number of carbonyl (C=O) groups excluding carboxylic acids is 1. The Labute approximate surface area is 114 Å². The number of rotatable bonds is 3. The van der Waals surface area contributed by atoms with Crippen LogP contribution >= 0.6 is 0 Å². The van der Waals surface area contributed by atoms with E-state index in [4.69, 9.17) is 0 Å². The van der Waals surface area contributed by atoms with Crippen LogP contribution in [0.5, 0.6) is 0 Å². The summed E-state index contributed by atoms with van der Waals surface area (Å²) in [5, 5.41) is 3.25. The third-order valence-electron chi connectivity index (χ3n) is 3.46. The van der Waals surface area contributed by atoms with Gasteiger partial charge in [0, 0.05) is 25.4 Å². The molecule has 1 aliphatic rings. The van der Waals surface area contributed by atoms with E-state index in [1.807, 2.05) is 13.8 Å². The van der Waals surface area contributed by atoms with Crippen LogP contribution in [-0.2, 0) is 17.6 Å². The molecule has 1 aliphatic carbocycles. The van der Waals surface area contributed by atoms with Crippen LogP contribution in [0.4, 0.5) is 5.82 Å². The van der Waals surface area contributed by atoms with Crippen LogP contribution in [0.3, 0.4) is 0 Å². The van der Waals surface area contributed by atoms with E-state index in [1.54, 1.807) is 19.0 Å². The molecule has 1 amide bonds. The fourth-order valence-corrected chi connectivity index (χ4v) is 2.49. The molecule has 1 heterocycles. The zero-order valence-electron chi connectivity index (χ0n) is 12.2. The van der Waals surface area contributed by atoms with E-state index in [1.165, 1.54) is 18.4 Å². The zero-order chi connectivity index (χ0) is 14.0. The van der Waals surface area contributed by atoms with E-state index in [-0.39, 0.29) is 11.9 Å². The van der Waals surface area contributed by atoms with E-state index in [0.717, 1.165) is 30.2 Å². The summed E-state index contributed by atoms with van der Waals surface area (Å²) >= 11 is 0. The normalized spacial score (nSPS) is 15.6. The van der Waals surface area contributed by atoms with Gasteiger partial charge in [-0.1, -0.05) is 0 Å². The van der Waals surface area contributed by atoms with Crippen molar-refractivity contribution in [1.29, 1.82) is 0 Å². The average molecular weight is 262 g/mol. The van der Waals surface area contributed by atoms with Gasteiger partial charge < -0.3 is 10.2 Å². The number of aromatic nitrogens is 2. The highest BCUT2D eigenvalue weighted by Crippen LogP contribution is 2.25. The molecule has 1 N–H and O–H groups in total. The Kier molecular flexibility index (Phi) is 4.02. The predicted octanol–water partition coefficient (Wildman–Crippen LogP) is 1.55. The highest BCUT2D eigenvalue weighted by Gasteiger charge is 2.21. The summed E-state index contributed by atoms with van der Waals surface area (Å²) in [5.41, 5.74) is 2.33. The lowest BCUT2D eigenvalue weighted by Crippen LogP contribution is -2.37. The number of nitrogens with one attached hydrogen (secondary N) is 1. The smallest absolute Gasteiger partial charge is 0.244 e. The highest BCUT2D eigenvalue weighted by atomic mass is 16.2. The topological polar surface area (TPSA) is 58.1 Å². The molecule has 0 fully saturated rings. The van der Waals surface area contributed by atoms with Crippen LogP contribution in [0.1, 0.15) is 36.8 Å². The van der Waals surface area contributed by atoms with Crippen molar-refractivity contribution in [3.8, 4) is 0 Å². The van der Waals surface area contributed by atoms with Crippen LogP contribution in [0.2, 0.25) is 0 Å². The van der Waals surface area contributed by atoms with Crippen LogP contribution in [0.25, 0.3) is 0 Å². The second kappa shape index (κ2) is 5.55. The Balaban J connectivity index is 2.25. The van der Waals surface area contributed by atoms with Crippen LogP contribution in [-0.4, -0.2) is 40.9 Å². The van der Waals surface area contributed by atoms with Gasteiger partial charge in [-0.2, -0.15) is 0 Å². The Morgan fingerprint density at radius 2 is 1.95 bits per heavy atom. The van der Waals surface area contributed by atoms with E-state index in [9.17, 15) is 4.79 Å². The third-order valence-corrected chi connectivity index (χ3v) is 3.46. The molecule has 0 radical (unpaired) electrons. The number of fused-ring (bicyclic) bond motifs is 1. The third kappa shape index (κ3) is 3.03. The summed E-state index contributed by atoms with van der Waals surface area (Å²) in [4.78, 5) is 22.5. The predicted molar refractivity (Wildman–Crippen MR) is 75.2 cm³/mol. The lowest BCUT2D eigenvalue weighted by Gasteiger charge is -2.23. The maximum Gasteiger partial charge on any atom is 0.244 e. The SMILES string of the molecule is Cc1nc2c(c(N[C@@H](C)C(=O)N(C)C)n1)CCCC2. The quantitative estimate of drug-likeness (QED) is 0.898. The van der Waals surface area contributed by atoms with Crippen molar-refractivity contribution in [2.75, 3.05) is 19.4 Å². The van der Waals surface area contributed by atoms with Crippen LogP contribution < -0.4 is 5.32 Å².